The molecular formula is C18H11NO5S3. The van der Waals surface area contributed by atoms with Crippen molar-refractivity contribution in [2.75, 3.05) is 4.31 Å². The molecule has 0 atom stereocenters. The van der Waals surface area contributed by atoms with E-state index in [9.17, 15) is 18.0 Å². The van der Waals surface area contributed by atoms with Crippen LogP contribution in [0.5, 0.6) is 0 Å². The SMILES string of the molecule is O=C(c1ccccc1)N(c1ccc2oc(=O)sc2c1)S(=O)(=O)c1cccs1. The molecule has 0 bridgehead atoms. The molecule has 4 aromatic rings. The van der Waals surface area contributed by atoms with Gasteiger partial charge in [-0.1, -0.05) is 35.6 Å². The predicted molar refractivity (Wildman–Crippen MR) is 105 cm³/mol. The van der Waals surface area contributed by atoms with Gasteiger partial charge in [0.1, 0.15) is 9.79 Å². The van der Waals surface area contributed by atoms with Gasteiger partial charge in [-0.2, -0.15) is 12.7 Å². The van der Waals surface area contributed by atoms with E-state index in [1.165, 1.54) is 24.3 Å². The van der Waals surface area contributed by atoms with E-state index in [2.05, 4.69) is 0 Å². The van der Waals surface area contributed by atoms with Gasteiger partial charge in [0.2, 0.25) is 0 Å². The van der Waals surface area contributed by atoms with Crippen LogP contribution in [-0.2, 0) is 10.0 Å². The molecule has 2 aromatic heterocycles. The smallest absolute Gasteiger partial charge is 0.396 e. The Morgan fingerprint density at radius 1 is 1.00 bits per heavy atom. The molecule has 9 heteroatoms. The molecule has 27 heavy (non-hydrogen) atoms. The Kier molecular flexibility index (Phi) is 4.42. The average molecular weight is 417 g/mol. The number of hydrogen-bond donors (Lipinski definition) is 0. The van der Waals surface area contributed by atoms with Crippen molar-refractivity contribution < 1.29 is 17.6 Å². The molecule has 4 rings (SSSR count). The van der Waals surface area contributed by atoms with Crippen LogP contribution in [0.25, 0.3) is 10.3 Å². The first kappa shape index (κ1) is 17.7. The Morgan fingerprint density at radius 2 is 1.78 bits per heavy atom. The first-order valence-corrected chi connectivity index (χ1v) is 10.8. The first-order chi connectivity index (χ1) is 13.0. The van der Waals surface area contributed by atoms with Gasteiger partial charge < -0.3 is 4.42 Å². The molecule has 0 N–H and O–H groups in total. The number of thiophene rings is 1. The molecule has 136 valence electrons. The number of carbonyl (C=O) groups is 1. The maximum Gasteiger partial charge on any atom is 0.396 e. The maximum absolute atomic E-state index is 13.2. The fraction of sp³-hybridized carbons (Fsp3) is 0. The summed E-state index contributed by atoms with van der Waals surface area (Å²) in [4.78, 5) is 24.1. The Bertz CT molecular complexity index is 1270. The predicted octanol–water partition coefficient (Wildman–Crippen LogP) is 3.95. The number of fused-ring (bicyclic) bond motifs is 1. The zero-order chi connectivity index (χ0) is 19.0. The topological polar surface area (TPSA) is 84.7 Å². The summed E-state index contributed by atoms with van der Waals surface area (Å²) in [5.74, 6) is -0.681. The molecule has 0 radical (unpaired) electrons. The van der Waals surface area contributed by atoms with E-state index in [-0.39, 0.29) is 15.5 Å². The molecule has 0 aliphatic rings. The molecule has 0 spiro atoms. The van der Waals surface area contributed by atoms with Gasteiger partial charge in [0.25, 0.3) is 15.9 Å². The molecule has 0 aliphatic heterocycles. The van der Waals surface area contributed by atoms with Crippen LogP contribution in [-0.4, -0.2) is 14.3 Å². The summed E-state index contributed by atoms with van der Waals surface area (Å²) in [5.41, 5.74) is 0.717. The highest BCUT2D eigenvalue weighted by molar-refractivity contribution is 7.95. The van der Waals surface area contributed by atoms with Crippen molar-refractivity contribution in [1.29, 1.82) is 0 Å². The lowest BCUT2D eigenvalue weighted by Gasteiger charge is -2.22. The van der Waals surface area contributed by atoms with Gasteiger partial charge in [0.15, 0.2) is 0 Å². The van der Waals surface area contributed by atoms with Gasteiger partial charge in [-0.25, -0.2) is 4.79 Å². The standard InChI is InChI=1S/C18H11NO5S3/c20-17(12-5-2-1-3-6-12)19(27(22,23)16-7-4-10-25-16)13-8-9-14-15(11-13)26-18(21)24-14/h1-11H. The van der Waals surface area contributed by atoms with E-state index >= 15 is 0 Å². The lowest BCUT2D eigenvalue weighted by Crippen LogP contribution is -2.36. The van der Waals surface area contributed by atoms with Gasteiger partial charge in [-0.05, 0) is 41.8 Å². The minimum absolute atomic E-state index is 0.0484. The van der Waals surface area contributed by atoms with Gasteiger partial charge in [0, 0.05) is 5.56 Å². The largest absolute Gasteiger partial charge is 0.414 e. The monoisotopic (exact) mass is 417 g/mol. The van der Waals surface area contributed by atoms with Crippen molar-refractivity contribution in [3.63, 3.8) is 0 Å². The van der Waals surface area contributed by atoms with E-state index in [0.29, 0.717) is 10.3 Å². The van der Waals surface area contributed by atoms with Gasteiger partial charge >= 0.3 is 4.94 Å². The van der Waals surface area contributed by atoms with Crippen molar-refractivity contribution in [2.24, 2.45) is 0 Å². The Hall–Kier alpha value is -2.75. The molecule has 0 saturated heterocycles. The highest BCUT2D eigenvalue weighted by Gasteiger charge is 2.33. The third-order valence-corrected chi connectivity index (χ3v) is 7.62. The van der Waals surface area contributed by atoms with E-state index in [1.54, 1.807) is 41.8 Å². The summed E-state index contributed by atoms with van der Waals surface area (Å²) >= 11 is 1.87. The molecule has 1 amide bonds. The van der Waals surface area contributed by atoms with Gasteiger partial charge in [-0.3, -0.25) is 4.79 Å². The summed E-state index contributed by atoms with van der Waals surface area (Å²) in [5, 5.41) is 1.63. The molecule has 0 fully saturated rings. The highest BCUT2D eigenvalue weighted by Crippen LogP contribution is 2.31. The molecule has 2 aromatic carbocycles. The van der Waals surface area contributed by atoms with Crippen LogP contribution >= 0.6 is 22.7 Å². The highest BCUT2D eigenvalue weighted by atomic mass is 32.2. The molecular weight excluding hydrogens is 406 g/mol. The Balaban J connectivity index is 1.92. The number of carbonyl (C=O) groups excluding carboxylic acids is 1. The summed E-state index contributed by atoms with van der Waals surface area (Å²) in [7, 11) is -4.12. The van der Waals surface area contributed by atoms with E-state index < -0.39 is 20.9 Å². The quantitative estimate of drug-likeness (QED) is 0.502. The van der Waals surface area contributed by atoms with Crippen LogP contribution in [0.2, 0.25) is 0 Å². The minimum atomic E-state index is -4.12. The van der Waals surface area contributed by atoms with Crippen molar-refractivity contribution in [3.8, 4) is 0 Å². The van der Waals surface area contributed by atoms with Gasteiger partial charge in [0.05, 0.1) is 10.4 Å². The number of sulfonamides is 1. The van der Waals surface area contributed by atoms with Gasteiger partial charge in [-0.15, -0.1) is 11.3 Å². The zero-order valence-electron chi connectivity index (χ0n) is 13.6. The van der Waals surface area contributed by atoms with E-state index in [4.69, 9.17) is 4.42 Å². The number of hydrogen-bond acceptors (Lipinski definition) is 7. The van der Waals surface area contributed by atoms with Crippen molar-refractivity contribution in [1.82, 2.24) is 0 Å². The summed E-state index contributed by atoms with van der Waals surface area (Å²) < 4.78 is 32.7. The summed E-state index contributed by atoms with van der Waals surface area (Å²) in [6.07, 6.45) is 0. The lowest BCUT2D eigenvalue weighted by atomic mass is 10.2. The number of nitrogens with zero attached hydrogens (tertiary/aromatic N) is 1. The number of rotatable bonds is 4. The van der Waals surface area contributed by atoms with Crippen LogP contribution in [0.3, 0.4) is 0 Å². The third kappa shape index (κ3) is 3.20. The second kappa shape index (κ2) is 6.76. The van der Waals surface area contributed by atoms with Crippen LogP contribution in [0.15, 0.2) is 79.5 Å². The second-order valence-electron chi connectivity index (χ2n) is 5.46. The number of anilines is 1. The van der Waals surface area contributed by atoms with Crippen molar-refractivity contribution >= 4 is 54.6 Å². The number of benzene rings is 2. The molecule has 0 unspecified atom stereocenters. The fourth-order valence-electron chi connectivity index (χ4n) is 2.55. The lowest BCUT2D eigenvalue weighted by molar-refractivity contribution is 0.101. The summed E-state index contributed by atoms with van der Waals surface area (Å²) in [6, 6.07) is 15.6. The molecule has 2 heterocycles. The molecule has 6 nitrogen and oxygen atoms in total. The fourth-order valence-corrected chi connectivity index (χ4v) is 5.72. The number of amides is 1. The van der Waals surface area contributed by atoms with Crippen molar-refractivity contribution in [2.45, 2.75) is 4.21 Å². The van der Waals surface area contributed by atoms with Crippen LogP contribution in [0.1, 0.15) is 10.4 Å². The van der Waals surface area contributed by atoms with Crippen LogP contribution < -0.4 is 9.24 Å². The normalized spacial score (nSPS) is 11.6. The Labute approximate surface area is 162 Å². The van der Waals surface area contributed by atoms with E-state index in [0.717, 1.165) is 27.0 Å². The maximum atomic E-state index is 13.2. The minimum Gasteiger partial charge on any atom is -0.414 e. The Morgan fingerprint density at radius 3 is 2.48 bits per heavy atom. The van der Waals surface area contributed by atoms with Crippen LogP contribution in [0, 0.1) is 0 Å². The summed E-state index contributed by atoms with van der Waals surface area (Å²) in [6.45, 7) is 0. The van der Waals surface area contributed by atoms with E-state index in [1.807, 2.05) is 0 Å². The third-order valence-electron chi connectivity index (χ3n) is 3.74. The second-order valence-corrected chi connectivity index (χ2v) is 9.40. The first-order valence-electron chi connectivity index (χ1n) is 7.69. The average Bonchev–Trinajstić information content (AvgIpc) is 3.31. The zero-order valence-corrected chi connectivity index (χ0v) is 16.0. The molecule has 0 saturated carbocycles. The molecule has 0 aliphatic carbocycles. The van der Waals surface area contributed by atoms with Crippen LogP contribution in [0.4, 0.5) is 5.69 Å². The van der Waals surface area contributed by atoms with Crippen molar-refractivity contribution in [3.05, 3.63) is 81.3 Å².